The van der Waals surface area contributed by atoms with Gasteiger partial charge in [-0.15, -0.1) is 0 Å². The van der Waals surface area contributed by atoms with E-state index in [1.54, 1.807) is 0 Å². The van der Waals surface area contributed by atoms with Crippen molar-refractivity contribution >= 4 is 16.6 Å². The van der Waals surface area contributed by atoms with Crippen LogP contribution in [-0.4, -0.2) is 23.0 Å². The SMILES string of the molecule is CCCN1CCc2c([nH]c3ccc(N)cc23)C1. The van der Waals surface area contributed by atoms with Gasteiger partial charge in [0.2, 0.25) is 0 Å². The van der Waals surface area contributed by atoms with Crippen molar-refractivity contribution in [1.29, 1.82) is 0 Å². The number of hydrogen-bond acceptors (Lipinski definition) is 2. The van der Waals surface area contributed by atoms with Crippen LogP contribution in [0.5, 0.6) is 0 Å². The second-order valence-electron chi connectivity index (χ2n) is 4.91. The van der Waals surface area contributed by atoms with Crippen LogP contribution in [0.2, 0.25) is 0 Å². The fourth-order valence-electron chi connectivity index (χ4n) is 2.82. The van der Waals surface area contributed by atoms with Gasteiger partial charge < -0.3 is 10.7 Å². The molecular formula is C14H19N3. The summed E-state index contributed by atoms with van der Waals surface area (Å²) in [6.07, 6.45) is 2.36. The minimum absolute atomic E-state index is 0.857. The number of anilines is 1. The summed E-state index contributed by atoms with van der Waals surface area (Å²) in [5.74, 6) is 0. The molecule has 0 fully saturated rings. The van der Waals surface area contributed by atoms with Gasteiger partial charge in [-0.2, -0.15) is 0 Å². The number of aromatic nitrogens is 1. The molecule has 0 aliphatic carbocycles. The van der Waals surface area contributed by atoms with Crippen molar-refractivity contribution in [1.82, 2.24) is 9.88 Å². The molecule has 0 saturated heterocycles. The van der Waals surface area contributed by atoms with Crippen LogP contribution in [0.1, 0.15) is 24.6 Å². The predicted octanol–water partition coefficient (Wildman–Crippen LogP) is 2.52. The number of nitrogens with two attached hydrogens (primary N) is 1. The minimum Gasteiger partial charge on any atom is -0.399 e. The highest BCUT2D eigenvalue weighted by atomic mass is 15.1. The Bertz CT molecular complexity index is 542. The second kappa shape index (κ2) is 4.08. The lowest BCUT2D eigenvalue weighted by Crippen LogP contribution is -2.30. The monoisotopic (exact) mass is 229 g/mol. The van der Waals surface area contributed by atoms with Gasteiger partial charge in [0.1, 0.15) is 0 Å². The Labute approximate surface area is 102 Å². The number of nitrogens with one attached hydrogen (secondary N) is 1. The lowest BCUT2D eigenvalue weighted by Gasteiger charge is -2.26. The van der Waals surface area contributed by atoms with Crippen molar-refractivity contribution in [2.45, 2.75) is 26.3 Å². The van der Waals surface area contributed by atoms with E-state index >= 15 is 0 Å². The van der Waals surface area contributed by atoms with Crippen LogP contribution in [-0.2, 0) is 13.0 Å². The summed E-state index contributed by atoms with van der Waals surface area (Å²) in [5.41, 5.74) is 10.8. The number of rotatable bonds is 2. The Morgan fingerprint density at radius 3 is 3.12 bits per heavy atom. The summed E-state index contributed by atoms with van der Waals surface area (Å²) in [6.45, 7) is 5.65. The first-order valence-corrected chi connectivity index (χ1v) is 6.39. The quantitative estimate of drug-likeness (QED) is 0.777. The van der Waals surface area contributed by atoms with Crippen molar-refractivity contribution in [2.24, 2.45) is 0 Å². The fourth-order valence-corrected chi connectivity index (χ4v) is 2.82. The standard InChI is InChI=1S/C14H19N3/c1-2-6-17-7-5-11-12-8-10(15)3-4-13(12)16-14(11)9-17/h3-4,8,16H,2,5-7,9,15H2,1H3. The van der Waals surface area contributed by atoms with Gasteiger partial charge in [-0.25, -0.2) is 0 Å². The van der Waals surface area contributed by atoms with Gasteiger partial charge in [0.25, 0.3) is 0 Å². The molecule has 3 rings (SSSR count). The molecule has 3 heteroatoms. The maximum Gasteiger partial charge on any atom is 0.0460 e. The molecule has 0 bridgehead atoms. The number of benzene rings is 1. The van der Waals surface area contributed by atoms with Gasteiger partial charge in [-0.05, 0) is 43.1 Å². The Morgan fingerprint density at radius 2 is 2.29 bits per heavy atom. The normalized spacial score (nSPS) is 16.3. The molecule has 3 N–H and O–H groups in total. The van der Waals surface area contributed by atoms with Crippen LogP contribution in [0.25, 0.3) is 10.9 Å². The first-order valence-electron chi connectivity index (χ1n) is 6.39. The summed E-state index contributed by atoms with van der Waals surface area (Å²) >= 11 is 0. The summed E-state index contributed by atoms with van der Waals surface area (Å²) in [6, 6.07) is 6.15. The van der Waals surface area contributed by atoms with E-state index in [2.05, 4.69) is 28.9 Å². The van der Waals surface area contributed by atoms with Crippen LogP contribution >= 0.6 is 0 Å². The van der Waals surface area contributed by atoms with Gasteiger partial charge >= 0.3 is 0 Å². The molecule has 0 amide bonds. The molecular weight excluding hydrogens is 210 g/mol. The number of nitrogen functional groups attached to an aromatic ring is 1. The molecule has 0 atom stereocenters. The van der Waals surface area contributed by atoms with Crippen LogP contribution in [0.15, 0.2) is 18.2 Å². The summed E-state index contributed by atoms with van der Waals surface area (Å²) in [7, 11) is 0. The van der Waals surface area contributed by atoms with Crippen molar-refractivity contribution < 1.29 is 0 Å². The van der Waals surface area contributed by atoms with Crippen LogP contribution in [0.3, 0.4) is 0 Å². The van der Waals surface area contributed by atoms with Crippen LogP contribution in [0.4, 0.5) is 5.69 Å². The maximum absolute atomic E-state index is 5.87. The van der Waals surface area contributed by atoms with E-state index in [9.17, 15) is 0 Å². The molecule has 0 spiro atoms. The van der Waals surface area contributed by atoms with E-state index in [1.807, 2.05) is 6.07 Å². The first kappa shape index (κ1) is 10.7. The lowest BCUT2D eigenvalue weighted by atomic mass is 10.0. The van der Waals surface area contributed by atoms with Gasteiger partial charge in [0.15, 0.2) is 0 Å². The van der Waals surface area contributed by atoms with E-state index in [0.717, 1.165) is 18.7 Å². The number of nitrogens with zero attached hydrogens (tertiary/aromatic N) is 1. The third-order valence-corrected chi connectivity index (χ3v) is 3.62. The third kappa shape index (κ3) is 1.80. The fraction of sp³-hybridized carbons (Fsp3) is 0.429. The molecule has 2 aromatic rings. The smallest absolute Gasteiger partial charge is 0.0460 e. The van der Waals surface area contributed by atoms with Gasteiger partial charge in [-0.3, -0.25) is 4.90 Å². The second-order valence-corrected chi connectivity index (χ2v) is 4.91. The van der Waals surface area contributed by atoms with Gasteiger partial charge in [0, 0.05) is 35.4 Å². The van der Waals surface area contributed by atoms with E-state index in [-0.39, 0.29) is 0 Å². The Morgan fingerprint density at radius 1 is 1.41 bits per heavy atom. The zero-order chi connectivity index (χ0) is 11.8. The minimum atomic E-state index is 0.857. The summed E-state index contributed by atoms with van der Waals surface area (Å²) < 4.78 is 0. The first-order chi connectivity index (χ1) is 8.28. The highest BCUT2D eigenvalue weighted by molar-refractivity contribution is 5.87. The van der Waals surface area contributed by atoms with E-state index in [4.69, 9.17) is 5.73 Å². The highest BCUT2D eigenvalue weighted by Gasteiger charge is 2.19. The summed E-state index contributed by atoms with van der Waals surface area (Å²) in [5, 5.41) is 1.32. The number of H-pyrrole nitrogens is 1. The molecule has 1 aromatic heterocycles. The zero-order valence-corrected chi connectivity index (χ0v) is 10.3. The van der Waals surface area contributed by atoms with Gasteiger partial charge in [0.05, 0.1) is 0 Å². The molecule has 3 nitrogen and oxygen atoms in total. The molecule has 2 heterocycles. The largest absolute Gasteiger partial charge is 0.399 e. The molecule has 1 aliphatic rings. The molecule has 0 saturated carbocycles. The maximum atomic E-state index is 5.87. The summed E-state index contributed by atoms with van der Waals surface area (Å²) in [4.78, 5) is 6.05. The predicted molar refractivity (Wildman–Crippen MR) is 72.0 cm³/mol. The van der Waals surface area contributed by atoms with Crippen LogP contribution < -0.4 is 5.73 Å². The molecule has 1 aromatic carbocycles. The van der Waals surface area contributed by atoms with E-state index in [1.165, 1.54) is 41.7 Å². The Hall–Kier alpha value is -1.48. The van der Waals surface area contributed by atoms with E-state index < -0.39 is 0 Å². The molecule has 17 heavy (non-hydrogen) atoms. The molecule has 1 aliphatic heterocycles. The third-order valence-electron chi connectivity index (χ3n) is 3.62. The lowest BCUT2D eigenvalue weighted by molar-refractivity contribution is 0.252. The topological polar surface area (TPSA) is 45.0 Å². The van der Waals surface area contributed by atoms with Gasteiger partial charge in [-0.1, -0.05) is 6.92 Å². The zero-order valence-electron chi connectivity index (χ0n) is 10.3. The Kier molecular flexibility index (Phi) is 2.56. The Balaban J connectivity index is 2.01. The molecule has 0 radical (unpaired) electrons. The van der Waals surface area contributed by atoms with Crippen LogP contribution in [0, 0.1) is 0 Å². The average Bonchev–Trinajstić information content (AvgIpc) is 2.66. The van der Waals surface area contributed by atoms with Crippen molar-refractivity contribution in [2.75, 3.05) is 18.8 Å². The van der Waals surface area contributed by atoms with Crippen molar-refractivity contribution in [3.05, 3.63) is 29.5 Å². The average molecular weight is 229 g/mol. The number of aromatic amines is 1. The highest BCUT2D eigenvalue weighted by Crippen LogP contribution is 2.28. The van der Waals surface area contributed by atoms with Crippen molar-refractivity contribution in [3.8, 4) is 0 Å². The van der Waals surface area contributed by atoms with Crippen molar-refractivity contribution in [3.63, 3.8) is 0 Å². The molecule has 0 unspecified atom stereocenters. The number of hydrogen-bond donors (Lipinski definition) is 2. The number of fused-ring (bicyclic) bond motifs is 3. The van der Waals surface area contributed by atoms with E-state index in [0.29, 0.717) is 0 Å². The molecule has 90 valence electrons.